The fourth-order valence-corrected chi connectivity index (χ4v) is 5.09. The van der Waals surface area contributed by atoms with Gasteiger partial charge in [0, 0.05) is 5.69 Å². The number of rotatable bonds is 9. The van der Waals surface area contributed by atoms with Crippen LogP contribution in [0.15, 0.2) is 82.9 Å². The summed E-state index contributed by atoms with van der Waals surface area (Å²) in [6.07, 6.45) is 1.62. The average molecular weight is 447 g/mol. The zero-order chi connectivity index (χ0) is 21.6. The van der Waals surface area contributed by atoms with Gasteiger partial charge >= 0.3 is 0 Å². The van der Waals surface area contributed by atoms with Gasteiger partial charge in [0.2, 0.25) is 5.91 Å². The summed E-state index contributed by atoms with van der Waals surface area (Å²) in [6.45, 7) is 3.46. The van der Waals surface area contributed by atoms with Gasteiger partial charge in [-0.05, 0) is 60.0 Å². The highest BCUT2D eigenvalue weighted by atomic mass is 32.2. The number of amides is 1. The molecule has 0 unspecified atom stereocenters. The first-order chi connectivity index (χ1) is 14.4. The predicted molar refractivity (Wildman–Crippen MR) is 116 cm³/mol. The zero-order valence-corrected chi connectivity index (χ0v) is 17.5. The average Bonchev–Trinajstić information content (AvgIpc) is 3.28. The molecule has 0 radical (unpaired) electrons. The van der Waals surface area contributed by atoms with Gasteiger partial charge in [-0.25, -0.2) is 12.8 Å². The second-order valence-electron chi connectivity index (χ2n) is 6.09. The lowest BCUT2D eigenvalue weighted by molar-refractivity contribution is -0.114. The third kappa shape index (κ3) is 5.25. The van der Waals surface area contributed by atoms with Crippen molar-refractivity contribution < 1.29 is 22.3 Å². The maximum atomic E-state index is 13.3. The van der Waals surface area contributed by atoms with E-state index in [1.807, 2.05) is 0 Å². The Bertz CT molecular complexity index is 1100. The van der Waals surface area contributed by atoms with Gasteiger partial charge < -0.3 is 10.1 Å². The third-order valence-electron chi connectivity index (χ3n) is 3.95. The Morgan fingerprint density at radius 2 is 1.83 bits per heavy atom. The lowest BCUT2D eigenvalue weighted by Gasteiger charge is -2.23. The Labute approximate surface area is 178 Å². The van der Waals surface area contributed by atoms with Crippen molar-refractivity contribution in [2.45, 2.75) is 4.21 Å². The van der Waals surface area contributed by atoms with Crippen molar-refractivity contribution in [3.8, 4) is 5.75 Å². The summed E-state index contributed by atoms with van der Waals surface area (Å²) in [5.74, 6) is -0.434. The Morgan fingerprint density at radius 1 is 1.13 bits per heavy atom. The molecule has 0 aliphatic carbocycles. The Kier molecular flexibility index (Phi) is 6.86. The molecule has 0 aliphatic rings. The SMILES string of the molecule is C=CCOc1ccc(NC(=O)CN(c2ccc(F)cc2)S(=O)(=O)c2cccs2)cc1. The molecule has 9 heteroatoms. The molecule has 30 heavy (non-hydrogen) atoms. The molecule has 1 amide bonds. The van der Waals surface area contributed by atoms with E-state index in [9.17, 15) is 17.6 Å². The predicted octanol–water partition coefficient (Wildman–Crippen LogP) is 4.29. The van der Waals surface area contributed by atoms with Crippen LogP contribution in [0, 0.1) is 5.82 Å². The van der Waals surface area contributed by atoms with Crippen LogP contribution in [0.5, 0.6) is 5.75 Å². The molecule has 3 rings (SSSR count). The van der Waals surface area contributed by atoms with E-state index in [1.165, 1.54) is 18.2 Å². The number of anilines is 2. The van der Waals surface area contributed by atoms with Gasteiger partial charge in [-0.3, -0.25) is 9.10 Å². The Hall–Kier alpha value is -3.17. The molecule has 0 saturated heterocycles. The summed E-state index contributed by atoms with van der Waals surface area (Å²) in [7, 11) is -3.99. The number of halogens is 1. The second-order valence-corrected chi connectivity index (χ2v) is 9.13. The van der Waals surface area contributed by atoms with Gasteiger partial charge in [-0.15, -0.1) is 11.3 Å². The minimum absolute atomic E-state index is 0.0864. The van der Waals surface area contributed by atoms with Crippen molar-refractivity contribution in [1.29, 1.82) is 0 Å². The normalized spacial score (nSPS) is 11.0. The maximum absolute atomic E-state index is 13.3. The van der Waals surface area contributed by atoms with Crippen molar-refractivity contribution >= 4 is 38.6 Å². The number of benzene rings is 2. The first-order valence-electron chi connectivity index (χ1n) is 8.85. The molecule has 0 aliphatic heterocycles. The summed E-state index contributed by atoms with van der Waals surface area (Å²) in [4.78, 5) is 12.6. The highest BCUT2D eigenvalue weighted by molar-refractivity contribution is 7.94. The quantitative estimate of drug-likeness (QED) is 0.498. The van der Waals surface area contributed by atoms with Gasteiger partial charge in [-0.2, -0.15) is 0 Å². The minimum Gasteiger partial charge on any atom is -0.490 e. The van der Waals surface area contributed by atoms with Crippen LogP contribution in [-0.2, 0) is 14.8 Å². The number of carbonyl (C=O) groups is 1. The molecule has 1 heterocycles. The number of carbonyl (C=O) groups excluding carboxylic acids is 1. The van der Waals surface area contributed by atoms with Gasteiger partial charge in [0.15, 0.2) is 0 Å². The van der Waals surface area contributed by atoms with E-state index in [0.717, 1.165) is 27.8 Å². The van der Waals surface area contributed by atoms with Crippen LogP contribution < -0.4 is 14.4 Å². The van der Waals surface area contributed by atoms with E-state index >= 15 is 0 Å². The van der Waals surface area contributed by atoms with E-state index in [4.69, 9.17) is 4.74 Å². The molecule has 0 atom stereocenters. The monoisotopic (exact) mass is 446 g/mol. The van der Waals surface area contributed by atoms with Crippen molar-refractivity contribution in [2.24, 2.45) is 0 Å². The van der Waals surface area contributed by atoms with Crippen LogP contribution in [0.4, 0.5) is 15.8 Å². The summed E-state index contributed by atoms with van der Waals surface area (Å²) in [6, 6.07) is 14.6. The minimum atomic E-state index is -3.99. The van der Waals surface area contributed by atoms with Crippen molar-refractivity contribution in [3.63, 3.8) is 0 Å². The lowest BCUT2D eigenvalue weighted by atomic mass is 10.3. The van der Waals surface area contributed by atoms with Crippen LogP contribution in [0.25, 0.3) is 0 Å². The van der Waals surface area contributed by atoms with Gasteiger partial charge in [0.05, 0.1) is 5.69 Å². The van der Waals surface area contributed by atoms with Gasteiger partial charge in [-0.1, -0.05) is 18.7 Å². The number of nitrogens with zero attached hydrogens (tertiary/aromatic N) is 1. The van der Waals surface area contributed by atoms with Crippen molar-refractivity contribution in [1.82, 2.24) is 0 Å². The van der Waals surface area contributed by atoms with E-state index in [1.54, 1.807) is 41.8 Å². The fourth-order valence-electron chi connectivity index (χ4n) is 2.56. The molecule has 3 aromatic rings. The van der Waals surface area contributed by atoms with Crippen molar-refractivity contribution in [2.75, 3.05) is 22.8 Å². The van der Waals surface area contributed by atoms with E-state index in [2.05, 4.69) is 11.9 Å². The molecular weight excluding hydrogens is 427 g/mol. The first kappa shape index (κ1) is 21.5. The van der Waals surface area contributed by atoms with Crippen molar-refractivity contribution in [3.05, 3.63) is 84.5 Å². The molecule has 1 aromatic heterocycles. The molecule has 156 valence electrons. The number of sulfonamides is 1. The van der Waals surface area contributed by atoms with E-state index in [0.29, 0.717) is 18.0 Å². The Balaban J connectivity index is 1.80. The number of hydrogen-bond acceptors (Lipinski definition) is 5. The van der Waals surface area contributed by atoms with Crippen LogP contribution >= 0.6 is 11.3 Å². The largest absolute Gasteiger partial charge is 0.490 e. The number of ether oxygens (including phenoxy) is 1. The molecule has 0 spiro atoms. The first-order valence-corrected chi connectivity index (χ1v) is 11.2. The van der Waals surface area contributed by atoms with Crippen LogP contribution in [-0.4, -0.2) is 27.5 Å². The summed E-state index contributed by atoms with van der Waals surface area (Å²) in [5, 5.41) is 4.29. The summed E-state index contributed by atoms with van der Waals surface area (Å²) in [5.41, 5.74) is 0.673. The van der Waals surface area contributed by atoms with E-state index < -0.39 is 28.3 Å². The summed E-state index contributed by atoms with van der Waals surface area (Å²) >= 11 is 1.04. The smallest absolute Gasteiger partial charge is 0.274 e. The molecule has 0 saturated carbocycles. The van der Waals surface area contributed by atoms with Crippen LogP contribution in [0.1, 0.15) is 0 Å². The zero-order valence-electron chi connectivity index (χ0n) is 15.8. The molecule has 0 bridgehead atoms. The van der Waals surface area contributed by atoms with Gasteiger partial charge in [0.25, 0.3) is 10.0 Å². The molecule has 6 nitrogen and oxygen atoms in total. The van der Waals surface area contributed by atoms with Gasteiger partial charge in [0.1, 0.15) is 28.9 Å². The highest BCUT2D eigenvalue weighted by Crippen LogP contribution is 2.27. The standard InChI is InChI=1S/C21H19FN2O4S2/c1-2-13-28-19-11-7-17(8-12-19)23-20(25)15-24(18-9-5-16(22)6-10-18)30(26,27)21-4-3-14-29-21/h2-12,14H,1,13,15H2,(H,23,25). The highest BCUT2D eigenvalue weighted by Gasteiger charge is 2.28. The maximum Gasteiger partial charge on any atom is 0.274 e. The van der Waals surface area contributed by atoms with Crippen LogP contribution in [0.2, 0.25) is 0 Å². The topological polar surface area (TPSA) is 75.7 Å². The Morgan fingerprint density at radius 3 is 2.43 bits per heavy atom. The molecule has 2 aromatic carbocycles. The van der Waals surface area contributed by atoms with Crippen LogP contribution in [0.3, 0.4) is 0 Å². The van der Waals surface area contributed by atoms with E-state index in [-0.39, 0.29) is 9.90 Å². The number of nitrogens with one attached hydrogen (secondary N) is 1. The summed E-state index contributed by atoms with van der Waals surface area (Å²) < 4.78 is 45.8. The lowest BCUT2D eigenvalue weighted by Crippen LogP contribution is -2.37. The fraction of sp³-hybridized carbons (Fsp3) is 0.0952. The molecular formula is C21H19FN2O4S2. The molecule has 1 N–H and O–H groups in total. The second kappa shape index (κ2) is 9.55. The number of thiophene rings is 1. The molecule has 0 fully saturated rings. The number of hydrogen-bond donors (Lipinski definition) is 1. The third-order valence-corrected chi connectivity index (χ3v) is 7.09.